The van der Waals surface area contributed by atoms with E-state index >= 15 is 0 Å². The molecule has 1 aliphatic rings. The smallest absolute Gasteiger partial charge is 0.0244 e. The Bertz CT molecular complexity index is 699. The van der Waals surface area contributed by atoms with Gasteiger partial charge in [-0.25, -0.2) is 0 Å². The van der Waals surface area contributed by atoms with Crippen LogP contribution in [-0.2, 0) is 0 Å². The Morgan fingerprint density at radius 3 is 2.00 bits per heavy atom. The van der Waals surface area contributed by atoms with E-state index in [2.05, 4.69) is 87.9 Å². The molecule has 1 aliphatic carbocycles. The molecule has 0 aromatic carbocycles. The Kier molecular flexibility index (Phi) is 41.5. The summed E-state index contributed by atoms with van der Waals surface area (Å²) in [5.74, 6) is 1.06. The summed E-state index contributed by atoms with van der Waals surface area (Å²) >= 11 is 0. The molecule has 1 atom stereocenters. The summed E-state index contributed by atoms with van der Waals surface area (Å²) < 4.78 is 0. The Labute approximate surface area is 254 Å². The highest BCUT2D eigenvalue weighted by molar-refractivity contribution is 5.25. The zero-order valence-electron chi connectivity index (χ0n) is 29.3. The van der Waals surface area contributed by atoms with Gasteiger partial charge in [-0.15, -0.1) is 6.58 Å². The number of likely N-dealkylation sites (N-methyl/N-ethyl adjacent to an activating group) is 1. The third-order valence-electron chi connectivity index (χ3n) is 5.99. The van der Waals surface area contributed by atoms with E-state index in [1.807, 2.05) is 67.7 Å². The first kappa shape index (κ1) is 44.9. The van der Waals surface area contributed by atoms with Crippen LogP contribution < -0.4 is 10.6 Å². The molecule has 0 bridgehead atoms. The van der Waals surface area contributed by atoms with Crippen molar-refractivity contribution in [1.82, 2.24) is 10.6 Å². The van der Waals surface area contributed by atoms with Gasteiger partial charge >= 0.3 is 0 Å². The fourth-order valence-electron chi connectivity index (χ4n) is 3.35. The molecule has 40 heavy (non-hydrogen) atoms. The number of hydrogen-bond acceptors (Lipinski definition) is 2. The molecule has 1 fully saturated rings. The SMILES string of the molecule is C/C=C/C(C)=C/C=C/C(C)=C/C.C=CC(CCCCNC(=C)C)NC.CC.CC.CCCC/C=C(\C)CC1CC1. The highest BCUT2D eigenvalue weighted by Crippen LogP contribution is 2.35. The minimum atomic E-state index is 0.463. The second-order valence-corrected chi connectivity index (χ2v) is 9.98. The summed E-state index contributed by atoms with van der Waals surface area (Å²) in [6.45, 7) is 31.4. The van der Waals surface area contributed by atoms with Crippen LogP contribution in [0.3, 0.4) is 0 Å². The molecule has 0 saturated heterocycles. The molecule has 0 aromatic heterocycles. The van der Waals surface area contributed by atoms with Crippen molar-refractivity contribution >= 4 is 0 Å². The molecule has 1 rings (SSSR count). The molecule has 0 heterocycles. The number of nitrogens with one attached hydrogen (secondary N) is 2. The van der Waals surface area contributed by atoms with Gasteiger partial charge in [0.2, 0.25) is 0 Å². The fraction of sp³-hybridized carbons (Fsp3) is 0.632. The van der Waals surface area contributed by atoms with Crippen LogP contribution in [0.4, 0.5) is 0 Å². The average Bonchev–Trinajstić information content (AvgIpc) is 3.77. The predicted octanol–water partition coefficient (Wildman–Crippen LogP) is 12.1. The van der Waals surface area contributed by atoms with Crippen molar-refractivity contribution in [2.45, 2.75) is 140 Å². The van der Waals surface area contributed by atoms with Crippen LogP contribution in [0.5, 0.6) is 0 Å². The van der Waals surface area contributed by atoms with Gasteiger partial charge in [0.15, 0.2) is 0 Å². The lowest BCUT2D eigenvalue weighted by molar-refractivity contribution is 0.558. The van der Waals surface area contributed by atoms with E-state index in [0.29, 0.717) is 6.04 Å². The van der Waals surface area contributed by atoms with E-state index in [1.54, 1.807) is 5.57 Å². The lowest BCUT2D eigenvalue weighted by atomic mass is 10.1. The summed E-state index contributed by atoms with van der Waals surface area (Å²) in [7, 11) is 1.97. The van der Waals surface area contributed by atoms with Crippen LogP contribution in [0.15, 0.2) is 84.2 Å². The van der Waals surface area contributed by atoms with Crippen molar-refractivity contribution in [3.63, 3.8) is 0 Å². The Balaban J connectivity index is -0.000000228. The molecule has 0 spiro atoms. The maximum Gasteiger partial charge on any atom is 0.0244 e. The van der Waals surface area contributed by atoms with Gasteiger partial charge < -0.3 is 10.6 Å². The molecule has 234 valence electrons. The molecular formula is C38H72N2. The van der Waals surface area contributed by atoms with Gasteiger partial charge in [0, 0.05) is 18.3 Å². The van der Waals surface area contributed by atoms with Crippen molar-refractivity contribution in [1.29, 1.82) is 0 Å². The Morgan fingerprint density at radius 1 is 0.925 bits per heavy atom. The molecule has 1 saturated carbocycles. The van der Waals surface area contributed by atoms with E-state index < -0.39 is 0 Å². The molecule has 2 nitrogen and oxygen atoms in total. The molecular weight excluding hydrogens is 484 g/mol. The van der Waals surface area contributed by atoms with Gasteiger partial charge in [0.05, 0.1) is 0 Å². The Morgan fingerprint density at radius 2 is 1.55 bits per heavy atom. The third-order valence-corrected chi connectivity index (χ3v) is 5.99. The molecule has 0 radical (unpaired) electrons. The van der Waals surface area contributed by atoms with E-state index in [0.717, 1.165) is 24.6 Å². The standard InChI is InChI=1S/C12H18.C11H22N2.C11H20.2C2H6/c1-5-8-12(4)10-7-9-11(3)6-2;1-5-11(12-4)8-6-7-9-13-10(2)3;1-3-4-5-6-10(2)9-11-7-8-11;2*1-2/h5-10H,1-4H3;5,11-13H,1-2,6-9H2,3-4H3;6,11H,3-5,7-9H2,1-2H3;2*1-2H3/b8-5+,9-7+,11-6+,12-10+;;10-6+;;. The summed E-state index contributed by atoms with van der Waals surface area (Å²) in [5.41, 5.74) is 5.24. The molecule has 0 aromatic rings. The largest absolute Gasteiger partial charge is 0.389 e. The summed E-state index contributed by atoms with van der Waals surface area (Å²) in [6, 6.07) is 0.463. The van der Waals surface area contributed by atoms with Crippen LogP contribution in [0, 0.1) is 5.92 Å². The van der Waals surface area contributed by atoms with Crippen LogP contribution in [0.1, 0.15) is 134 Å². The van der Waals surface area contributed by atoms with Gasteiger partial charge in [-0.1, -0.05) is 119 Å². The first-order chi connectivity index (χ1) is 19.2. The maximum absolute atomic E-state index is 3.78. The minimum Gasteiger partial charge on any atom is -0.389 e. The highest BCUT2D eigenvalue weighted by Gasteiger charge is 2.20. The molecule has 2 N–H and O–H groups in total. The second-order valence-electron chi connectivity index (χ2n) is 9.98. The van der Waals surface area contributed by atoms with Crippen LogP contribution in [-0.4, -0.2) is 19.6 Å². The second kappa shape index (κ2) is 36.9. The number of allylic oxidation sites excluding steroid dienone is 11. The summed E-state index contributed by atoms with van der Waals surface area (Å²) in [5, 5.41) is 6.41. The lowest BCUT2D eigenvalue weighted by Gasteiger charge is -2.10. The van der Waals surface area contributed by atoms with Gasteiger partial charge in [0.25, 0.3) is 0 Å². The first-order valence-electron chi connectivity index (χ1n) is 16.2. The number of unbranched alkanes of at least 4 members (excludes halogenated alkanes) is 3. The zero-order valence-corrected chi connectivity index (χ0v) is 29.3. The van der Waals surface area contributed by atoms with E-state index in [9.17, 15) is 0 Å². The van der Waals surface area contributed by atoms with E-state index in [-0.39, 0.29) is 0 Å². The number of rotatable bonds is 16. The normalized spacial score (nSPS) is 13.9. The molecule has 0 aliphatic heterocycles. The van der Waals surface area contributed by atoms with E-state index in [1.165, 1.54) is 62.5 Å². The molecule has 2 heteroatoms. The van der Waals surface area contributed by atoms with Crippen molar-refractivity contribution in [3.8, 4) is 0 Å². The van der Waals surface area contributed by atoms with Crippen molar-refractivity contribution < 1.29 is 0 Å². The van der Waals surface area contributed by atoms with Crippen LogP contribution in [0.25, 0.3) is 0 Å². The highest BCUT2D eigenvalue weighted by atomic mass is 14.9. The average molecular weight is 557 g/mol. The van der Waals surface area contributed by atoms with Crippen molar-refractivity contribution in [2.24, 2.45) is 5.92 Å². The zero-order chi connectivity index (χ0) is 31.6. The van der Waals surface area contributed by atoms with Crippen molar-refractivity contribution in [3.05, 3.63) is 84.2 Å². The monoisotopic (exact) mass is 557 g/mol. The first-order valence-corrected chi connectivity index (χ1v) is 16.2. The van der Waals surface area contributed by atoms with Crippen molar-refractivity contribution in [2.75, 3.05) is 13.6 Å². The lowest BCUT2D eigenvalue weighted by Crippen LogP contribution is -2.22. The van der Waals surface area contributed by atoms with Crippen LogP contribution >= 0.6 is 0 Å². The fourth-order valence-corrected chi connectivity index (χ4v) is 3.35. The molecule has 1 unspecified atom stereocenters. The van der Waals surface area contributed by atoms with Gasteiger partial charge in [0.1, 0.15) is 0 Å². The van der Waals surface area contributed by atoms with Gasteiger partial charge in [-0.3, -0.25) is 0 Å². The summed E-state index contributed by atoms with van der Waals surface area (Å²) in [6.07, 6.45) is 28.8. The quantitative estimate of drug-likeness (QED) is 0.112. The predicted molar refractivity (Wildman–Crippen MR) is 190 cm³/mol. The van der Waals surface area contributed by atoms with E-state index in [4.69, 9.17) is 0 Å². The Hall–Kier alpha value is -2.06. The van der Waals surface area contributed by atoms with Gasteiger partial charge in [-0.2, -0.15) is 0 Å². The van der Waals surface area contributed by atoms with Crippen LogP contribution in [0.2, 0.25) is 0 Å². The number of hydrogen-bond donors (Lipinski definition) is 2. The maximum atomic E-state index is 3.78. The molecule has 0 amide bonds. The third kappa shape index (κ3) is 40.4. The van der Waals surface area contributed by atoms with Gasteiger partial charge in [-0.05, 0) is 99.5 Å². The minimum absolute atomic E-state index is 0.463. The topological polar surface area (TPSA) is 24.1 Å². The summed E-state index contributed by atoms with van der Waals surface area (Å²) in [4.78, 5) is 0.